The third-order valence-electron chi connectivity index (χ3n) is 10.6. The van der Waals surface area contributed by atoms with Crippen LogP contribution in [0.15, 0.2) is 127 Å². The van der Waals surface area contributed by atoms with E-state index < -0.39 is 82.5 Å². The second kappa shape index (κ2) is 18.3. The van der Waals surface area contributed by atoms with Crippen LogP contribution in [0.3, 0.4) is 0 Å². The van der Waals surface area contributed by atoms with Crippen LogP contribution in [0.5, 0.6) is 11.5 Å². The lowest BCUT2D eigenvalue weighted by atomic mass is 9.92. The summed E-state index contributed by atoms with van der Waals surface area (Å²) in [6.07, 6.45) is 0. The molecule has 0 spiro atoms. The third kappa shape index (κ3) is 8.06. The van der Waals surface area contributed by atoms with E-state index in [1.165, 1.54) is 0 Å². The number of rotatable bonds is 11. The van der Waals surface area contributed by atoms with Crippen LogP contribution in [0.1, 0.15) is 30.0 Å². The Morgan fingerprint density at radius 1 is 0.364 bits per heavy atom. The van der Waals surface area contributed by atoms with Crippen LogP contribution in [0.4, 0.5) is 43.9 Å². The van der Waals surface area contributed by atoms with E-state index in [1.54, 1.807) is 118 Å². The minimum Gasteiger partial charge on any atom is -0.489 e. The van der Waals surface area contributed by atoms with Crippen molar-refractivity contribution in [2.24, 2.45) is 0 Å². The Kier molecular flexibility index (Phi) is 12.4. The molecule has 0 N–H and O–H groups in total. The summed E-state index contributed by atoms with van der Waals surface area (Å²) in [6.45, 7) is -1.84. The van der Waals surface area contributed by atoms with Crippen LogP contribution in [-0.2, 0) is 13.2 Å². The molecule has 18 heteroatoms. The maximum Gasteiger partial charge on any atom is 0.200 e. The van der Waals surface area contributed by atoms with Gasteiger partial charge < -0.3 is 9.47 Å². The lowest BCUT2D eigenvalue weighted by Crippen LogP contribution is -2.09. The number of hydrogen-bond acceptors (Lipinski definition) is 8. The summed E-state index contributed by atoms with van der Waals surface area (Å²) in [5, 5.41) is 4.12. The molecule has 0 fully saturated rings. The van der Waals surface area contributed by atoms with Crippen LogP contribution < -0.4 is 9.47 Å². The number of thiophene rings is 2. The van der Waals surface area contributed by atoms with Crippen molar-refractivity contribution >= 4 is 69.7 Å². The van der Waals surface area contributed by atoms with Crippen molar-refractivity contribution in [1.82, 2.24) is 0 Å². The van der Waals surface area contributed by atoms with E-state index >= 15 is 0 Å². The molecule has 10 rings (SSSR count). The molecule has 6 aromatic carbocycles. The predicted octanol–water partition coefficient (Wildman–Crippen LogP) is 17.2. The fourth-order valence-electron chi connectivity index (χ4n) is 7.37. The molecule has 0 radical (unpaired) electrons. The molecule has 0 saturated heterocycles. The maximum absolute atomic E-state index is 14.5. The molecule has 66 heavy (non-hydrogen) atoms. The number of fused-ring (bicyclic) bond motifs is 2. The second-order valence-corrected chi connectivity index (χ2v) is 21.5. The molecule has 2 aliphatic heterocycles. The number of benzene rings is 6. The van der Waals surface area contributed by atoms with Crippen LogP contribution in [-0.4, -0.2) is 0 Å². The lowest BCUT2D eigenvalue weighted by molar-refractivity contribution is 0.279. The van der Waals surface area contributed by atoms with Gasteiger partial charge in [0.25, 0.3) is 0 Å². The van der Waals surface area contributed by atoms with Gasteiger partial charge in [-0.05, 0) is 70.4 Å². The Labute approximate surface area is 394 Å². The molecule has 0 unspecified atom stereocenters. The summed E-state index contributed by atoms with van der Waals surface area (Å²) in [7, 11) is 0. The number of ether oxygens (including phenoxy) is 2. The van der Waals surface area contributed by atoms with Crippen LogP contribution in [0.2, 0.25) is 0 Å². The van der Waals surface area contributed by atoms with E-state index in [9.17, 15) is 43.9 Å². The normalized spacial score (nSPS) is 13.7. The van der Waals surface area contributed by atoms with Gasteiger partial charge in [-0.1, -0.05) is 48.5 Å². The van der Waals surface area contributed by atoms with Gasteiger partial charge in [0.15, 0.2) is 46.5 Å². The van der Waals surface area contributed by atoms with Crippen molar-refractivity contribution < 1.29 is 53.4 Å². The van der Waals surface area contributed by atoms with Gasteiger partial charge in [0, 0.05) is 51.6 Å². The number of halogens is 10. The zero-order chi connectivity index (χ0) is 46.0. The summed E-state index contributed by atoms with van der Waals surface area (Å²) in [5.41, 5.74) is 2.90. The van der Waals surface area contributed by atoms with Crippen molar-refractivity contribution in [2.75, 3.05) is 0 Å². The largest absolute Gasteiger partial charge is 0.489 e. The molecule has 8 aromatic rings. The highest BCUT2D eigenvalue weighted by Crippen LogP contribution is 2.65. The molecule has 334 valence electrons. The molecule has 2 aromatic heterocycles. The van der Waals surface area contributed by atoms with E-state index in [0.717, 1.165) is 62.7 Å². The standard InChI is InChI=1S/C48H24F10O2S6/c49-35-25(36(50)40(54)43(57)39(35)53)17-59-23-13-9-21(10-14-23)27-19-61-45(47-63-29-5-1-2-6-30(29)64-47)33(27)34-28(20-62-46(34)48-65-31-7-3-4-8-32(31)66-48)22-11-15-24(16-12-22)60-18-26-37(51)41(55)44(58)42(56)38(26)52/h1-16,19-20,47-48H,17-18H2. The summed E-state index contributed by atoms with van der Waals surface area (Å²) >= 11 is 10.1. The Morgan fingerprint density at radius 3 is 0.955 bits per heavy atom. The Hall–Kier alpha value is -4.98. The monoisotopic (exact) mass is 1010 g/mol. The molecule has 2 nitrogen and oxygen atoms in total. The van der Waals surface area contributed by atoms with Crippen molar-refractivity contribution in [2.45, 2.75) is 42.0 Å². The molecule has 0 bridgehead atoms. The number of thioether (sulfide) groups is 4. The van der Waals surface area contributed by atoms with Gasteiger partial charge in [-0.15, -0.1) is 69.7 Å². The van der Waals surface area contributed by atoms with E-state index in [-0.39, 0.29) is 20.7 Å². The predicted molar refractivity (Wildman–Crippen MR) is 241 cm³/mol. The Morgan fingerprint density at radius 2 is 0.652 bits per heavy atom. The highest BCUT2D eigenvalue weighted by molar-refractivity contribution is 8.19. The minimum absolute atomic E-state index is 0.0561. The highest BCUT2D eigenvalue weighted by Gasteiger charge is 2.36. The van der Waals surface area contributed by atoms with E-state index in [2.05, 4.69) is 35.0 Å². The van der Waals surface area contributed by atoms with Crippen molar-refractivity contribution in [1.29, 1.82) is 0 Å². The zero-order valence-electron chi connectivity index (χ0n) is 33.0. The van der Waals surface area contributed by atoms with Crippen LogP contribution in [0.25, 0.3) is 33.4 Å². The van der Waals surface area contributed by atoms with Gasteiger partial charge in [-0.3, -0.25) is 0 Å². The number of hydrogen-bond donors (Lipinski definition) is 0. The third-order valence-corrected chi connectivity index (χ3v) is 19.0. The van der Waals surface area contributed by atoms with E-state index in [1.807, 2.05) is 24.3 Å². The summed E-state index contributed by atoms with van der Waals surface area (Å²) in [6, 6.07) is 29.5. The summed E-state index contributed by atoms with van der Waals surface area (Å²) < 4.78 is 152. The first-order chi connectivity index (χ1) is 31.9. The first kappa shape index (κ1) is 44.8. The van der Waals surface area contributed by atoms with Gasteiger partial charge in [-0.25, -0.2) is 43.9 Å². The van der Waals surface area contributed by atoms with Gasteiger partial charge >= 0.3 is 0 Å². The highest BCUT2D eigenvalue weighted by atomic mass is 32.2. The first-order valence-electron chi connectivity index (χ1n) is 19.4. The molecule has 0 atom stereocenters. The molecular formula is C48H24F10O2S6. The van der Waals surface area contributed by atoms with Gasteiger partial charge in [0.05, 0.1) is 20.3 Å². The smallest absolute Gasteiger partial charge is 0.200 e. The van der Waals surface area contributed by atoms with Crippen molar-refractivity contribution in [3.05, 3.63) is 187 Å². The molecule has 2 aliphatic rings. The lowest BCUT2D eigenvalue weighted by Gasteiger charge is -2.18. The molecule has 0 amide bonds. The average molecular weight is 1020 g/mol. The molecule has 0 saturated carbocycles. The first-order valence-corrected chi connectivity index (χ1v) is 24.7. The van der Waals surface area contributed by atoms with Gasteiger partial charge in [0.2, 0.25) is 11.6 Å². The zero-order valence-corrected chi connectivity index (χ0v) is 37.9. The quantitative estimate of drug-likeness (QED) is 0.0725. The van der Waals surface area contributed by atoms with E-state index in [4.69, 9.17) is 9.47 Å². The van der Waals surface area contributed by atoms with Crippen molar-refractivity contribution in [3.63, 3.8) is 0 Å². The minimum atomic E-state index is -2.26. The average Bonchev–Trinajstić information content (AvgIpc) is 4.16. The second-order valence-electron chi connectivity index (χ2n) is 14.5. The van der Waals surface area contributed by atoms with Crippen LogP contribution in [0, 0.1) is 58.2 Å². The van der Waals surface area contributed by atoms with Gasteiger partial charge in [0.1, 0.15) is 24.7 Å². The Bertz CT molecular complexity index is 2870. The summed E-state index contributed by atoms with van der Waals surface area (Å²) in [4.78, 5) is 6.66. The fraction of sp³-hybridized carbons (Fsp3) is 0.0833. The Balaban J connectivity index is 1.05. The SMILES string of the molecule is Fc1c(F)c(F)c(COc2ccc(-c3csc(C4Sc5ccccc5S4)c3-c3c(-c4ccc(OCc5c(F)c(F)c(F)c(F)c5F)cc4)csc3C3Sc4ccccc4S3)cc2)c(F)c1F. The molecule has 4 heterocycles. The molecule has 0 aliphatic carbocycles. The van der Waals surface area contributed by atoms with Gasteiger partial charge in [-0.2, -0.15) is 0 Å². The molecular weight excluding hydrogens is 991 g/mol. The summed E-state index contributed by atoms with van der Waals surface area (Å²) in [5.74, 6) is -20.4. The maximum atomic E-state index is 14.5. The van der Waals surface area contributed by atoms with Crippen LogP contribution >= 0.6 is 69.7 Å². The van der Waals surface area contributed by atoms with E-state index in [0.29, 0.717) is 0 Å². The van der Waals surface area contributed by atoms with Crippen molar-refractivity contribution in [3.8, 4) is 44.9 Å². The topological polar surface area (TPSA) is 18.5 Å². The fourth-order valence-corrected chi connectivity index (χ4v) is 15.9.